The van der Waals surface area contributed by atoms with Gasteiger partial charge in [-0.3, -0.25) is 0 Å². The number of aromatic nitrogens is 4. The zero-order valence-corrected chi connectivity index (χ0v) is 12.5. The minimum absolute atomic E-state index is 0.719. The first-order valence-electron chi connectivity index (χ1n) is 6.46. The van der Waals surface area contributed by atoms with Crippen molar-refractivity contribution in [2.24, 2.45) is 0 Å². The molecule has 0 aromatic carbocycles. The molecule has 0 saturated carbocycles. The summed E-state index contributed by atoms with van der Waals surface area (Å²) in [4.78, 5) is 0. The number of hydrogen-bond acceptors (Lipinski definition) is 7. The van der Waals surface area contributed by atoms with E-state index in [9.17, 15) is 0 Å². The topological polar surface area (TPSA) is 74.1 Å². The summed E-state index contributed by atoms with van der Waals surface area (Å²) in [6.45, 7) is 3.99. The molecule has 0 spiro atoms. The molecule has 0 aliphatic heterocycles. The summed E-state index contributed by atoms with van der Waals surface area (Å²) in [5.74, 6) is 1.01. The highest BCUT2D eigenvalue weighted by molar-refractivity contribution is 7.99. The van der Waals surface area contributed by atoms with Gasteiger partial charge < -0.3 is 14.8 Å². The van der Waals surface area contributed by atoms with Crippen LogP contribution < -0.4 is 5.32 Å². The SMILES string of the molecule is COCCCCSc1nnnn1CCNCCOC. The van der Waals surface area contributed by atoms with E-state index in [4.69, 9.17) is 9.47 Å². The fraction of sp³-hybridized carbons (Fsp3) is 0.909. The van der Waals surface area contributed by atoms with E-state index in [0.717, 1.165) is 56.6 Å². The third-order valence-corrected chi connectivity index (χ3v) is 3.50. The lowest BCUT2D eigenvalue weighted by atomic mass is 10.4. The number of nitrogens with zero attached hydrogens (tertiary/aromatic N) is 4. The van der Waals surface area contributed by atoms with Gasteiger partial charge in [0.15, 0.2) is 0 Å². The van der Waals surface area contributed by atoms with Crippen molar-refractivity contribution < 1.29 is 9.47 Å². The van der Waals surface area contributed by atoms with E-state index in [-0.39, 0.29) is 0 Å². The maximum Gasteiger partial charge on any atom is 0.209 e. The molecule has 0 aliphatic rings. The molecule has 0 amide bonds. The molecular formula is C11H23N5O2S. The molecule has 7 nitrogen and oxygen atoms in total. The molecule has 0 radical (unpaired) electrons. The van der Waals surface area contributed by atoms with Crippen molar-refractivity contribution >= 4 is 11.8 Å². The molecular weight excluding hydrogens is 266 g/mol. The van der Waals surface area contributed by atoms with E-state index in [1.807, 2.05) is 4.68 Å². The molecule has 1 aromatic heterocycles. The van der Waals surface area contributed by atoms with E-state index < -0.39 is 0 Å². The Balaban J connectivity index is 2.15. The molecule has 1 N–H and O–H groups in total. The van der Waals surface area contributed by atoms with Gasteiger partial charge in [0.05, 0.1) is 13.2 Å². The average molecular weight is 289 g/mol. The molecule has 1 aromatic rings. The summed E-state index contributed by atoms with van der Waals surface area (Å²) in [5.41, 5.74) is 0. The standard InChI is InChI=1S/C11H23N5O2S/c1-17-8-3-4-10-19-11-13-14-15-16(11)7-5-12-6-9-18-2/h12H,3-10H2,1-2H3. The van der Waals surface area contributed by atoms with Crippen LogP contribution in [0.15, 0.2) is 5.16 Å². The smallest absolute Gasteiger partial charge is 0.209 e. The summed E-state index contributed by atoms with van der Waals surface area (Å²) >= 11 is 1.69. The van der Waals surface area contributed by atoms with Crippen molar-refractivity contribution in [3.05, 3.63) is 0 Å². The lowest BCUT2D eigenvalue weighted by Crippen LogP contribution is -2.24. The molecule has 0 unspecified atom stereocenters. The second-order valence-corrected chi connectivity index (χ2v) is 5.04. The maximum absolute atomic E-state index is 5.01. The Morgan fingerprint density at radius 1 is 1.16 bits per heavy atom. The summed E-state index contributed by atoms with van der Waals surface area (Å²) in [5, 5.41) is 15.9. The van der Waals surface area contributed by atoms with E-state index in [2.05, 4.69) is 20.8 Å². The van der Waals surface area contributed by atoms with Crippen LogP contribution in [-0.2, 0) is 16.0 Å². The quantitative estimate of drug-likeness (QED) is 0.442. The summed E-state index contributed by atoms with van der Waals surface area (Å²) in [7, 11) is 3.42. The fourth-order valence-electron chi connectivity index (χ4n) is 1.44. The Morgan fingerprint density at radius 3 is 2.79 bits per heavy atom. The predicted molar refractivity (Wildman–Crippen MR) is 74.4 cm³/mol. The van der Waals surface area contributed by atoms with Gasteiger partial charge in [-0.15, -0.1) is 5.10 Å². The first-order valence-corrected chi connectivity index (χ1v) is 7.44. The minimum Gasteiger partial charge on any atom is -0.385 e. The second-order valence-electron chi connectivity index (χ2n) is 3.98. The van der Waals surface area contributed by atoms with Gasteiger partial charge in [-0.1, -0.05) is 11.8 Å². The second kappa shape index (κ2) is 11.2. The largest absolute Gasteiger partial charge is 0.385 e. The van der Waals surface area contributed by atoms with Crippen LogP contribution in [0.5, 0.6) is 0 Å². The molecule has 0 bridgehead atoms. The van der Waals surface area contributed by atoms with Crippen LogP contribution in [0.4, 0.5) is 0 Å². The Bertz CT molecular complexity index is 295. The normalized spacial score (nSPS) is 11.1. The van der Waals surface area contributed by atoms with Gasteiger partial charge in [-0.2, -0.15) is 0 Å². The third kappa shape index (κ3) is 7.46. The van der Waals surface area contributed by atoms with Gasteiger partial charge in [0.2, 0.25) is 5.16 Å². The fourth-order valence-corrected chi connectivity index (χ4v) is 2.34. The lowest BCUT2D eigenvalue weighted by molar-refractivity contribution is 0.194. The first-order chi connectivity index (χ1) is 9.38. The highest BCUT2D eigenvalue weighted by atomic mass is 32.2. The molecule has 0 fully saturated rings. The van der Waals surface area contributed by atoms with Crippen molar-refractivity contribution in [1.29, 1.82) is 0 Å². The molecule has 1 rings (SSSR count). The third-order valence-electron chi connectivity index (χ3n) is 2.46. The number of rotatable bonds is 12. The van der Waals surface area contributed by atoms with Gasteiger partial charge in [0.25, 0.3) is 0 Å². The predicted octanol–water partition coefficient (Wildman–Crippen LogP) is 0.428. The minimum atomic E-state index is 0.719. The summed E-state index contributed by atoms with van der Waals surface area (Å²) < 4.78 is 11.8. The van der Waals surface area contributed by atoms with Gasteiger partial charge >= 0.3 is 0 Å². The van der Waals surface area contributed by atoms with Crippen molar-refractivity contribution in [2.75, 3.05) is 46.3 Å². The van der Waals surface area contributed by atoms with Crippen molar-refractivity contribution in [3.63, 3.8) is 0 Å². The van der Waals surface area contributed by atoms with Gasteiger partial charge in [-0.05, 0) is 23.3 Å². The summed E-state index contributed by atoms with van der Waals surface area (Å²) in [6.07, 6.45) is 2.18. The number of methoxy groups -OCH3 is 2. The first kappa shape index (κ1) is 16.4. The highest BCUT2D eigenvalue weighted by Crippen LogP contribution is 2.15. The number of nitrogens with one attached hydrogen (secondary N) is 1. The highest BCUT2D eigenvalue weighted by Gasteiger charge is 2.05. The van der Waals surface area contributed by atoms with Crippen LogP contribution >= 0.6 is 11.8 Å². The van der Waals surface area contributed by atoms with Crippen LogP contribution in [0.3, 0.4) is 0 Å². The van der Waals surface area contributed by atoms with E-state index in [1.165, 1.54) is 0 Å². The Kier molecular flexibility index (Phi) is 9.60. The number of tetrazole rings is 1. The molecule has 0 aliphatic carbocycles. The van der Waals surface area contributed by atoms with Crippen LogP contribution in [0, 0.1) is 0 Å². The van der Waals surface area contributed by atoms with E-state index >= 15 is 0 Å². The molecule has 0 atom stereocenters. The summed E-state index contributed by atoms with van der Waals surface area (Å²) in [6, 6.07) is 0. The number of ether oxygens (including phenoxy) is 2. The van der Waals surface area contributed by atoms with Gasteiger partial charge in [0.1, 0.15) is 0 Å². The Hall–Kier alpha value is -0.700. The number of thioether (sulfide) groups is 1. The average Bonchev–Trinajstić information content (AvgIpc) is 2.86. The molecule has 8 heteroatoms. The van der Waals surface area contributed by atoms with Crippen LogP contribution in [0.1, 0.15) is 12.8 Å². The van der Waals surface area contributed by atoms with E-state index in [0.29, 0.717) is 0 Å². The Morgan fingerprint density at radius 2 is 2.00 bits per heavy atom. The lowest BCUT2D eigenvalue weighted by Gasteiger charge is -2.05. The molecule has 110 valence electrons. The molecule has 1 heterocycles. The van der Waals surface area contributed by atoms with Gasteiger partial charge in [-0.25, -0.2) is 4.68 Å². The molecule has 19 heavy (non-hydrogen) atoms. The zero-order chi connectivity index (χ0) is 13.8. The van der Waals surface area contributed by atoms with Crippen molar-refractivity contribution in [3.8, 4) is 0 Å². The monoisotopic (exact) mass is 289 g/mol. The van der Waals surface area contributed by atoms with Crippen molar-refractivity contribution in [2.45, 2.75) is 24.5 Å². The maximum atomic E-state index is 5.01. The zero-order valence-electron chi connectivity index (χ0n) is 11.7. The van der Waals surface area contributed by atoms with Crippen LogP contribution in [0.25, 0.3) is 0 Å². The van der Waals surface area contributed by atoms with E-state index in [1.54, 1.807) is 26.0 Å². The van der Waals surface area contributed by atoms with Crippen molar-refractivity contribution in [1.82, 2.24) is 25.5 Å². The van der Waals surface area contributed by atoms with Crippen LogP contribution in [-0.4, -0.2) is 66.5 Å². The van der Waals surface area contributed by atoms with Gasteiger partial charge in [0, 0.05) is 39.7 Å². The number of unbranched alkanes of at least 4 members (excludes halogenated alkanes) is 1. The molecule has 0 saturated heterocycles. The Labute approximate surface area is 118 Å². The van der Waals surface area contributed by atoms with Crippen LogP contribution in [0.2, 0.25) is 0 Å². The number of hydrogen-bond donors (Lipinski definition) is 1.